The van der Waals surface area contributed by atoms with Gasteiger partial charge >= 0.3 is 0 Å². The number of unbranched alkanes of at least 4 members (excludes halogenated alkanes) is 1. The number of carbonyl (C=O) groups is 1. The van der Waals surface area contributed by atoms with Crippen molar-refractivity contribution in [1.82, 2.24) is 0 Å². The van der Waals surface area contributed by atoms with Crippen molar-refractivity contribution < 1.29 is 4.79 Å². The van der Waals surface area contributed by atoms with E-state index < -0.39 is 11.9 Å². The van der Waals surface area contributed by atoms with E-state index in [1.54, 1.807) is 6.92 Å². The van der Waals surface area contributed by atoms with E-state index in [1.165, 1.54) is 0 Å². The largest absolute Gasteiger partial charge is 0.368 e. The zero-order chi connectivity index (χ0) is 8.69. The highest BCUT2D eigenvalue weighted by Crippen LogP contribution is 1.96. The van der Waals surface area contributed by atoms with Crippen molar-refractivity contribution in [3.8, 4) is 11.8 Å². The van der Waals surface area contributed by atoms with Gasteiger partial charge in [0.1, 0.15) is 0 Å². The van der Waals surface area contributed by atoms with Gasteiger partial charge < -0.3 is 11.5 Å². The Morgan fingerprint density at radius 3 is 2.73 bits per heavy atom. The Morgan fingerprint density at radius 1 is 1.64 bits per heavy atom. The first kappa shape index (κ1) is 9.99. The Bertz CT molecular complexity index is 178. The van der Waals surface area contributed by atoms with Gasteiger partial charge in [-0.3, -0.25) is 4.79 Å². The minimum atomic E-state index is -0.506. The van der Waals surface area contributed by atoms with Gasteiger partial charge in [-0.1, -0.05) is 0 Å². The monoisotopic (exact) mass is 154 g/mol. The summed E-state index contributed by atoms with van der Waals surface area (Å²) in [6.45, 7) is 1.79. The van der Waals surface area contributed by atoms with Crippen LogP contribution in [0.5, 0.6) is 0 Å². The van der Waals surface area contributed by atoms with Gasteiger partial charge in [-0.25, -0.2) is 0 Å². The van der Waals surface area contributed by atoms with Crippen molar-refractivity contribution >= 4 is 5.91 Å². The minimum absolute atomic E-state index is 0.436. The lowest BCUT2D eigenvalue weighted by Crippen LogP contribution is -2.36. The van der Waals surface area contributed by atoms with Crippen LogP contribution in [0.4, 0.5) is 0 Å². The lowest BCUT2D eigenvalue weighted by Gasteiger charge is -2.03. The van der Waals surface area contributed by atoms with Crippen LogP contribution < -0.4 is 11.5 Å². The van der Waals surface area contributed by atoms with Crippen LogP contribution in [0, 0.1) is 11.8 Å². The van der Waals surface area contributed by atoms with E-state index in [4.69, 9.17) is 11.5 Å². The highest BCUT2D eigenvalue weighted by molar-refractivity contribution is 5.79. The molecule has 3 heteroatoms. The molecule has 0 bridgehead atoms. The fraction of sp³-hybridized carbons (Fsp3) is 0.625. The molecule has 1 amide bonds. The SMILES string of the molecule is CC#CCCCC(N)C(N)=O. The maximum absolute atomic E-state index is 10.4. The molecule has 0 aliphatic carbocycles. The molecule has 0 spiro atoms. The Kier molecular flexibility index (Phi) is 5.22. The average molecular weight is 154 g/mol. The van der Waals surface area contributed by atoms with Crippen molar-refractivity contribution in [2.75, 3.05) is 0 Å². The molecule has 0 heterocycles. The predicted molar refractivity (Wildman–Crippen MR) is 44.5 cm³/mol. The molecule has 0 rings (SSSR count). The lowest BCUT2D eigenvalue weighted by molar-refractivity contribution is -0.119. The highest BCUT2D eigenvalue weighted by atomic mass is 16.1. The van der Waals surface area contributed by atoms with Crippen LogP contribution in [0.25, 0.3) is 0 Å². The van der Waals surface area contributed by atoms with Gasteiger partial charge in [-0.15, -0.1) is 11.8 Å². The van der Waals surface area contributed by atoms with Crippen LogP contribution >= 0.6 is 0 Å². The number of primary amides is 1. The zero-order valence-electron chi connectivity index (χ0n) is 6.76. The van der Waals surface area contributed by atoms with E-state index in [0.717, 1.165) is 12.8 Å². The average Bonchev–Trinajstić information content (AvgIpc) is 1.97. The fourth-order valence-electron chi connectivity index (χ4n) is 0.678. The van der Waals surface area contributed by atoms with Gasteiger partial charge in [0, 0.05) is 6.42 Å². The predicted octanol–water partition coefficient (Wildman–Crippen LogP) is -0.00740. The third-order valence-corrected chi connectivity index (χ3v) is 1.36. The first-order valence-corrected chi connectivity index (χ1v) is 3.63. The van der Waals surface area contributed by atoms with Gasteiger partial charge in [-0.05, 0) is 19.8 Å². The van der Waals surface area contributed by atoms with E-state index in [9.17, 15) is 4.79 Å². The van der Waals surface area contributed by atoms with Gasteiger partial charge in [0.05, 0.1) is 6.04 Å². The summed E-state index contributed by atoms with van der Waals surface area (Å²) in [4.78, 5) is 10.4. The Balaban J connectivity index is 3.36. The van der Waals surface area contributed by atoms with Gasteiger partial charge in [0.15, 0.2) is 0 Å². The number of nitrogens with two attached hydrogens (primary N) is 2. The van der Waals surface area contributed by atoms with E-state index in [1.807, 2.05) is 0 Å². The smallest absolute Gasteiger partial charge is 0.234 e. The normalized spacial score (nSPS) is 11.5. The van der Waals surface area contributed by atoms with Crippen LogP contribution in [0.15, 0.2) is 0 Å². The molecule has 0 saturated carbocycles. The topological polar surface area (TPSA) is 69.1 Å². The molecule has 11 heavy (non-hydrogen) atoms. The molecule has 0 fully saturated rings. The van der Waals surface area contributed by atoms with Crippen LogP contribution in [-0.2, 0) is 4.79 Å². The maximum Gasteiger partial charge on any atom is 0.234 e. The molecule has 0 aliphatic rings. The summed E-state index contributed by atoms with van der Waals surface area (Å²) in [7, 11) is 0. The standard InChI is InChI=1S/C8H14N2O/c1-2-3-4-5-6-7(9)8(10)11/h7H,4-6,9H2,1H3,(H2,10,11). The third kappa shape index (κ3) is 5.43. The summed E-state index contributed by atoms with van der Waals surface area (Å²) in [5, 5.41) is 0. The molecular weight excluding hydrogens is 140 g/mol. The number of hydrogen-bond donors (Lipinski definition) is 2. The van der Waals surface area contributed by atoms with E-state index >= 15 is 0 Å². The first-order chi connectivity index (χ1) is 5.18. The van der Waals surface area contributed by atoms with Crippen LogP contribution in [0.2, 0.25) is 0 Å². The van der Waals surface area contributed by atoms with E-state index in [0.29, 0.717) is 6.42 Å². The number of hydrogen-bond acceptors (Lipinski definition) is 2. The molecule has 0 saturated heterocycles. The second-order valence-corrected chi connectivity index (χ2v) is 2.33. The van der Waals surface area contributed by atoms with Gasteiger partial charge in [0.2, 0.25) is 5.91 Å². The first-order valence-electron chi connectivity index (χ1n) is 3.63. The summed E-state index contributed by atoms with van der Waals surface area (Å²) < 4.78 is 0. The summed E-state index contributed by atoms with van der Waals surface area (Å²) in [5.74, 6) is 5.21. The van der Waals surface area contributed by atoms with Gasteiger partial charge in [-0.2, -0.15) is 0 Å². The van der Waals surface area contributed by atoms with Crippen molar-refractivity contribution in [3.63, 3.8) is 0 Å². The van der Waals surface area contributed by atoms with Crippen LogP contribution in [-0.4, -0.2) is 11.9 Å². The second kappa shape index (κ2) is 5.75. The molecule has 0 aromatic rings. The molecule has 1 unspecified atom stereocenters. The van der Waals surface area contributed by atoms with Gasteiger partial charge in [0.25, 0.3) is 0 Å². The summed E-state index contributed by atoms with van der Waals surface area (Å²) in [6.07, 6.45) is 2.26. The molecule has 3 nitrogen and oxygen atoms in total. The van der Waals surface area contributed by atoms with E-state index in [-0.39, 0.29) is 0 Å². The highest BCUT2D eigenvalue weighted by Gasteiger charge is 2.06. The molecule has 0 aliphatic heterocycles. The van der Waals surface area contributed by atoms with Crippen LogP contribution in [0.3, 0.4) is 0 Å². The molecule has 4 N–H and O–H groups in total. The maximum atomic E-state index is 10.4. The number of rotatable bonds is 4. The van der Waals surface area contributed by atoms with Crippen molar-refractivity contribution in [2.24, 2.45) is 11.5 Å². The lowest BCUT2D eigenvalue weighted by atomic mass is 10.1. The quantitative estimate of drug-likeness (QED) is 0.442. The Hall–Kier alpha value is -1.01. The number of amides is 1. The minimum Gasteiger partial charge on any atom is -0.368 e. The summed E-state index contributed by atoms with van der Waals surface area (Å²) >= 11 is 0. The van der Waals surface area contributed by atoms with Crippen molar-refractivity contribution in [3.05, 3.63) is 0 Å². The molecule has 0 radical (unpaired) electrons. The Labute approximate surface area is 67.1 Å². The summed E-state index contributed by atoms with van der Waals surface area (Å²) in [6, 6.07) is -0.506. The van der Waals surface area contributed by atoms with E-state index in [2.05, 4.69) is 11.8 Å². The fourth-order valence-corrected chi connectivity index (χ4v) is 0.678. The summed E-state index contributed by atoms with van der Waals surface area (Å²) in [5.41, 5.74) is 10.3. The number of carbonyl (C=O) groups excluding carboxylic acids is 1. The molecule has 0 aromatic heterocycles. The third-order valence-electron chi connectivity index (χ3n) is 1.36. The zero-order valence-corrected chi connectivity index (χ0v) is 6.76. The van der Waals surface area contributed by atoms with Crippen molar-refractivity contribution in [2.45, 2.75) is 32.2 Å². The van der Waals surface area contributed by atoms with Crippen molar-refractivity contribution in [1.29, 1.82) is 0 Å². The second-order valence-electron chi connectivity index (χ2n) is 2.33. The molecule has 0 aromatic carbocycles. The molecule has 1 atom stereocenters. The molecule has 62 valence electrons. The Morgan fingerprint density at radius 2 is 2.27 bits per heavy atom. The van der Waals surface area contributed by atoms with Crippen LogP contribution in [0.1, 0.15) is 26.2 Å². The molecular formula is C8H14N2O.